The normalized spacial score (nSPS) is 9.59. The van der Waals surface area contributed by atoms with Crippen molar-refractivity contribution in [3.8, 4) is 0 Å². The number of aryl methyl sites for hydroxylation is 2. The van der Waals surface area contributed by atoms with Gasteiger partial charge >= 0.3 is 0 Å². The van der Waals surface area contributed by atoms with Crippen LogP contribution in [0.4, 0.5) is 0 Å². The maximum absolute atomic E-state index is 11.8. The molecule has 0 radical (unpaired) electrons. The zero-order chi connectivity index (χ0) is 12.0. The lowest BCUT2D eigenvalue weighted by Gasteiger charge is -2.07. The maximum atomic E-state index is 11.8. The third-order valence-electron chi connectivity index (χ3n) is 2.32. The largest absolute Gasteiger partial charge is 0.351 e. The number of benzene rings is 1. The first-order valence-corrected chi connectivity index (χ1v) is 5.70. The van der Waals surface area contributed by atoms with Crippen LogP contribution < -0.4 is 10.6 Å². The van der Waals surface area contributed by atoms with Crippen molar-refractivity contribution in [2.45, 2.75) is 20.8 Å². The molecule has 0 aliphatic heterocycles. The van der Waals surface area contributed by atoms with Gasteiger partial charge in [0.1, 0.15) is 0 Å². The van der Waals surface area contributed by atoms with Crippen LogP contribution in [0.1, 0.15) is 28.4 Å². The van der Waals surface area contributed by atoms with Crippen LogP contribution in [-0.4, -0.2) is 25.5 Å². The first-order chi connectivity index (χ1) is 7.63. The van der Waals surface area contributed by atoms with Gasteiger partial charge in [-0.25, -0.2) is 0 Å². The van der Waals surface area contributed by atoms with E-state index in [4.69, 9.17) is 0 Å². The summed E-state index contributed by atoms with van der Waals surface area (Å²) in [6, 6.07) is 5.89. The van der Waals surface area contributed by atoms with E-state index in [2.05, 4.69) is 16.7 Å². The van der Waals surface area contributed by atoms with Crippen molar-refractivity contribution in [3.05, 3.63) is 34.9 Å². The minimum absolute atomic E-state index is 0. The van der Waals surface area contributed by atoms with Gasteiger partial charge in [-0.05, 0) is 32.5 Å². The van der Waals surface area contributed by atoms with Gasteiger partial charge in [0.05, 0.1) is 0 Å². The Morgan fingerprint density at radius 2 is 1.71 bits per heavy atom. The van der Waals surface area contributed by atoms with Crippen LogP contribution in [0.2, 0.25) is 0 Å². The number of likely N-dealkylation sites (N-methyl/N-ethyl adjacent to an activating group) is 1. The predicted octanol–water partition coefficient (Wildman–Crippen LogP) is 2.06. The second kappa shape index (κ2) is 8.09. The molecule has 17 heavy (non-hydrogen) atoms. The summed E-state index contributed by atoms with van der Waals surface area (Å²) in [7, 11) is 0. The lowest BCUT2D eigenvalue weighted by Crippen LogP contribution is -2.31. The van der Waals surface area contributed by atoms with E-state index in [-0.39, 0.29) is 18.3 Å². The van der Waals surface area contributed by atoms with Gasteiger partial charge < -0.3 is 10.6 Å². The van der Waals surface area contributed by atoms with Gasteiger partial charge in [0.15, 0.2) is 0 Å². The number of carbonyl (C=O) groups is 1. The van der Waals surface area contributed by atoms with Gasteiger partial charge in [-0.3, -0.25) is 4.79 Å². The zero-order valence-electron chi connectivity index (χ0n) is 10.7. The van der Waals surface area contributed by atoms with E-state index in [9.17, 15) is 4.79 Å². The molecule has 0 aromatic heterocycles. The Bertz CT molecular complexity index is 346. The Balaban J connectivity index is 0.00000256. The minimum atomic E-state index is 0. The SMILES string of the molecule is CCNCCNC(=O)c1cc(C)cc(C)c1.Cl. The second-order valence-corrected chi connectivity index (χ2v) is 3.99. The highest BCUT2D eigenvalue weighted by molar-refractivity contribution is 5.94. The Labute approximate surface area is 109 Å². The van der Waals surface area contributed by atoms with E-state index in [1.807, 2.05) is 32.9 Å². The zero-order valence-corrected chi connectivity index (χ0v) is 11.5. The van der Waals surface area contributed by atoms with Crippen molar-refractivity contribution in [2.75, 3.05) is 19.6 Å². The van der Waals surface area contributed by atoms with Crippen LogP contribution in [0, 0.1) is 13.8 Å². The van der Waals surface area contributed by atoms with Crippen molar-refractivity contribution in [1.82, 2.24) is 10.6 Å². The summed E-state index contributed by atoms with van der Waals surface area (Å²) >= 11 is 0. The number of hydrogen-bond acceptors (Lipinski definition) is 2. The first-order valence-electron chi connectivity index (χ1n) is 5.70. The molecule has 1 aromatic carbocycles. The van der Waals surface area contributed by atoms with Crippen LogP contribution in [0.15, 0.2) is 18.2 Å². The summed E-state index contributed by atoms with van der Waals surface area (Å²) in [4.78, 5) is 11.8. The molecule has 96 valence electrons. The average Bonchev–Trinajstić information content (AvgIpc) is 2.22. The summed E-state index contributed by atoms with van der Waals surface area (Å²) in [6.07, 6.45) is 0. The summed E-state index contributed by atoms with van der Waals surface area (Å²) < 4.78 is 0. The standard InChI is InChI=1S/C13H20N2O.ClH/c1-4-14-5-6-15-13(16)12-8-10(2)7-11(3)9-12;/h7-9,14H,4-6H2,1-3H3,(H,15,16);1H. The third-order valence-corrected chi connectivity index (χ3v) is 2.32. The summed E-state index contributed by atoms with van der Waals surface area (Å²) in [5.74, 6) is 0.00435. The highest BCUT2D eigenvalue weighted by Gasteiger charge is 2.05. The quantitative estimate of drug-likeness (QED) is 0.792. The van der Waals surface area contributed by atoms with E-state index in [1.165, 1.54) is 0 Å². The molecule has 1 rings (SSSR count). The van der Waals surface area contributed by atoms with Crippen molar-refractivity contribution >= 4 is 18.3 Å². The van der Waals surface area contributed by atoms with Crippen molar-refractivity contribution in [1.29, 1.82) is 0 Å². The van der Waals surface area contributed by atoms with E-state index in [0.29, 0.717) is 6.54 Å². The van der Waals surface area contributed by atoms with Gasteiger partial charge in [-0.1, -0.05) is 24.1 Å². The molecular formula is C13H21ClN2O. The summed E-state index contributed by atoms with van der Waals surface area (Å²) in [5, 5.41) is 6.05. The molecule has 0 spiro atoms. The number of halogens is 1. The molecule has 1 aromatic rings. The van der Waals surface area contributed by atoms with Gasteiger partial charge in [-0.15, -0.1) is 12.4 Å². The smallest absolute Gasteiger partial charge is 0.251 e. The number of hydrogen-bond donors (Lipinski definition) is 2. The molecule has 0 saturated heterocycles. The van der Waals surface area contributed by atoms with Gasteiger partial charge in [0.2, 0.25) is 0 Å². The Hall–Kier alpha value is -1.06. The van der Waals surface area contributed by atoms with Crippen LogP contribution in [0.5, 0.6) is 0 Å². The Kier molecular flexibility index (Phi) is 7.59. The second-order valence-electron chi connectivity index (χ2n) is 3.99. The fraction of sp³-hybridized carbons (Fsp3) is 0.462. The Morgan fingerprint density at radius 1 is 1.12 bits per heavy atom. The highest BCUT2D eigenvalue weighted by Crippen LogP contribution is 2.08. The lowest BCUT2D eigenvalue weighted by molar-refractivity contribution is 0.0954. The predicted molar refractivity (Wildman–Crippen MR) is 74.0 cm³/mol. The van der Waals surface area contributed by atoms with E-state index < -0.39 is 0 Å². The molecule has 4 heteroatoms. The van der Waals surface area contributed by atoms with Crippen molar-refractivity contribution < 1.29 is 4.79 Å². The lowest BCUT2D eigenvalue weighted by atomic mass is 10.1. The van der Waals surface area contributed by atoms with Crippen LogP contribution in [-0.2, 0) is 0 Å². The number of carbonyl (C=O) groups excluding carboxylic acids is 1. The molecule has 0 fully saturated rings. The molecule has 0 aliphatic rings. The first kappa shape index (κ1) is 15.9. The van der Waals surface area contributed by atoms with Gasteiger partial charge in [0.25, 0.3) is 5.91 Å². The van der Waals surface area contributed by atoms with Crippen molar-refractivity contribution in [3.63, 3.8) is 0 Å². The molecule has 0 atom stereocenters. The summed E-state index contributed by atoms with van der Waals surface area (Å²) in [6.45, 7) is 8.46. The molecule has 1 amide bonds. The maximum Gasteiger partial charge on any atom is 0.251 e. The van der Waals surface area contributed by atoms with Crippen molar-refractivity contribution in [2.24, 2.45) is 0 Å². The van der Waals surface area contributed by atoms with E-state index in [1.54, 1.807) is 0 Å². The van der Waals surface area contributed by atoms with Crippen LogP contribution in [0.25, 0.3) is 0 Å². The van der Waals surface area contributed by atoms with Crippen LogP contribution >= 0.6 is 12.4 Å². The van der Waals surface area contributed by atoms with Gasteiger partial charge in [0, 0.05) is 18.7 Å². The molecule has 2 N–H and O–H groups in total. The Morgan fingerprint density at radius 3 is 2.24 bits per heavy atom. The highest BCUT2D eigenvalue weighted by atomic mass is 35.5. The molecule has 0 heterocycles. The number of nitrogens with one attached hydrogen (secondary N) is 2. The number of rotatable bonds is 5. The molecule has 0 bridgehead atoms. The monoisotopic (exact) mass is 256 g/mol. The summed E-state index contributed by atoms with van der Waals surface area (Å²) in [5.41, 5.74) is 2.99. The third kappa shape index (κ3) is 5.71. The fourth-order valence-corrected chi connectivity index (χ4v) is 1.65. The molecular weight excluding hydrogens is 236 g/mol. The molecule has 0 aliphatic carbocycles. The van der Waals surface area contributed by atoms with E-state index >= 15 is 0 Å². The van der Waals surface area contributed by atoms with Crippen LogP contribution in [0.3, 0.4) is 0 Å². The molecule has 0 unspecified atom stereocenters. The minimum Gasteiger partial charge on any atom is -0.351 e. The average molecular weight is 257 g/mol. The topological polar surface area (TPSA) is 41.1 Å². The van der Waals surface area contributed by atoms with Gasteiger partial charge in [-0.2, -0.15) is 0 Å². The number of amides is 1. The molecule has 3 nitrogen and oxygen atoms in total. The fourth-order valence-electron chi connectivity index (χ4n) is 1.65. The molecule has 0 saturated carbocycles. The van der Waals surface area contributed by atoms with E-state index in [0.717, 1.165) is 29.8 Å².